The van der Waals surface area contributed by atoms with E-state index in [1.165, 1.54) is 5.52 Å². The maximum atomic E-state index is 12.1. The molecule has 0 aliphatic heterocycles. The van der Waals surface area contributed by atoms with Crippen molar-refractivity contribution in [1.29, 1.82) is 0 Å². The summed E-state index contributed by atoms with van der Waals surface area (Å²) in [6.45, 7) is 4.71. The number of carboxylic acids is 1. The third kappa shape index (κ3) is 3.50. The van der Waals surface area contributed by atoms with Gasteiger partial charge in [-0.05, 0) is 43.5 Å². The molecule has 5 heteroatoms. The molecule has 0 aliphatic carbocycles. The Labute approximate surface area is 146 Å². The van der Waals surface area contributed by atoms with E-state index in [1.54, 1.807) is 6.92 Å². The van der Waals surface area contributed by atoms with E-state index in [1.807, 2.05) is 30.3 Å². The third-order valence-corrected chi connectivity index (χ3v) is 4.42. The first-order valence-electron chi connectivity index (χ1n) is 8.50. The number of aliphatic carboxylic acids is 1. The minimum Gasteiger partial charge on any atom is -0.550 e. The van der Waals surface area contributed by atoms with Crippen LogP contribution in [0.2, 0.25) is 0 Å². The van der Waals surface area contributed by atoms with E-state index >= 15 is 0 Å². The van der Waals surface area contributed by atoms with Crippen LogP contribution in [0.4, 0.5) is 5.69 Å². The Morgan fingerprint density at radius 3 is 2.52 bits per heavy atom. The monoisotopic (exact) mass is 337 g/mol. The van der Waals surface area contributed by atoms with E-state index in [-0.39, 0.29) is 24.7 Å². The summed E-state index contributed by atoms with van der Waals surface area (Å²) in [5.74, 6) is -1.57. The van der Waals surface area contributed by atoms with Crippen LogP contribution in [0.25, 0.3) is 21.8 Å². The molecule has 0 unspecified atom stereocenters. The number of hydrogen-bond acceptors (Lipinski definition) is 3. The van der Waals surface area contributed by atoms with Crippen molar-refractivity contribution in [3.63, 3.8) is 0 Å². The molecule has 25 heavy (non-hydrogen) atoms. The van der Waals surface area contributed by atoms with Crippen LogP contribution >= 0.6 is 0 Å². The van der Waals surface area contributed by atoms with Gasteiger partial charge in [-0.2, -0.15) is 0 Å². The largest absolute Gasteiger partial charge is 0.550 e. The molecule has 130 valence electrons. The topological polar surface area (TPSA) is 74.2 Å². The summed E-state index contributed by atoms with van der Waals surface area (Å²) < 4.78 is 2.25. The van der Waals surface area contributed by atoms with Crippen molar-refractivity contribution in [3.05, 3.63) is 42.5 Å². The number of benzene rings is 2. The molecular formula is C20H21N2O3-. The quantitative estimate of drug-likeness (QED) is 0.751. The number of carboxylic acid groups (broad SMARTS) is 1. The highest BCUT2D eigenvalue weighted by Gasteiger charge is 2.12. The van der Waals surface area contributed by atoms with Crippen molar-refractivity contribution in [2.24, 2.45) is 5.92 Å². The Morgan fingerprint density at radius 1 is 1.08 bits per heavy atom. The highest BCUT2D eigenvalue weighted by molar-refractivity contribution is 6.09. The average molecular weight is 337 g/mol. The Hall–Kier alpha value is -2.82. The second-order valence-corrected chi connectivity index (χ2v) is 6.43. The van der Waals surface area contributed by atoms with Gasteiger partial charge in [-0.3, -0.25) is 4.79 Å². The Bertz CT molecular complexity index is 943. The molecule has 1 heterocycles. The zero-order chi connectivity index (χ0) is 18.0. The first-order valence-corrected chi connectivity index (χ1v) is 8.50. The fourth-order valence-corrected chi connectivity index (χ4v) is 3.36. The number of amides is 1. The number of hydrogen-bond donors (Lipinski definition) is 1. The lowest BCUT2D eigenvalue weighted by atomic mass is 10.0. The molecule has 5 nitrogen and oxygen atoms in total. The SMILES string of the molecule is CCn1c2ccccc2c2cc(NC(=O)C[C@H](C)CC(=O)[O-])ccc21. The van der Waals surface area contributed by atoms with Crippen LogP contribution < -0.4 is 10.4 Å². The lowest BCUT2D eigenvalue weighted by Crippen LogP contribution is -2.26. The molecule has 3 rings (SSSR count). The molecule has 1 amide bonds. The number of aromatic nitrogens is 1. The molecule has 1 aromatic heterocycles. The smallest absolute Gasteiger partial charge is 0.224 e. The molecule has 0 radical (unpaired) electrons. The molecule has 3 aromatic rings. The van der Waals surface area contributed by atoms with E-state index in [2.05, 4.69) is 28.9 Å². The molecular weight excluding hydrogens is 316 g/mol. The summed E-state index contributed by atoms with van der Waals surface area (Å²) in [7, 11) is 0. The van der Waals surface area contributed by atoms with Crippen LogP contribution in [0, 0.1) is 5.92 Å². The second-order valence-electron chi connectivity index (χ2n) is 6.43. The van der Waals surface area contributed by atoms with Gasteiger partial charge in [0.25, 0.3) is 0 Å². The van der Waals surface area contributed by atoms with Crippen molar-refractivity contribution in [2.75, 3.05) is 5.32 Å². The lowest BCUT2D eigenvalue weighted by Gasteiger charge is -2.12. The van der Waals surface area contributed by atoms with Crippen LogP contribution in [-0.2, 0) is 16.1 Å². The molecule has 1 N–H and O–H groups in total. The Morgan fingerprint density at radius 2 is 1.80 bits per heavy atom. The van der Waals surface area contributed by atoms with Gasteiger partial charge in [-0.15, -0.1) is 0 Å². The number of nitrogens with one attached hydrogen (secondary N) is 1. The van der Waals surface area contributed by atoms with Crippen molar-refractivity contribution >= 4 is 39.4 Å². The summed E-state index contributed by atoms with van der Waals surface area (Å²) in [5, 5.41) is 15.7. The highest BCUT2D eigenvalue weighted by atomic mass is 16.4. The number of rotatable bonds is 6. The van der Waals surface area contributed by atoms with Gasteiger partial charge in [0.15, 0.2) is 0 Å². The standard InChI is InChI=1S/C20H22N2O3/c1-3-22-17-7-5-4-6-15(17)16-12-14(8-9-18(16)22)21-19(23)10-13(2)11-20(24)25/h4-9,12-13H,3,10-11H2,1-2H3,(H,21,23)(H,24,25)/p-1/t13-/m0/s1. The van der Waals surface area contributed by atoms with Gasteiger partial charge < -0.3 is 19.8 Å². The maximum absolute atomic E-state index is 12.1. The first kappa shape index (κ1) is 17.0. The molecule has 0 saturated carbocycles. The minimum absolute atomic E-state index is 0.115. The number of anilines is 1. The van der Waals surface area contributed by atoms with E-state index in [0.717, 1.165) is 28.5 Å². The zero-order valence-electron chi connectivity index (χ0n) is 14.4. The van der Waals surface area contributed by atoms with Gasteiger partial charge in [0, 0.05) is 46.4 Å². The number of para-hydroxylation sites is 1. The number of carbonyl (C=O) groups excluding carboxylic acids is 2. The van der Waals surface area contributed by atoms with Crippen molar-refractivity contribution < 1.29 is 14.7 Å². The minimum atomic E-state index is -1.13. The number of fused-ring (bicyclic) bond motifs is 3. The molecule has 0 fully saturated rings. The van der Waals surface area contributed by atoms with Crippen LogP contribution in [0.15, 0.2) is 42.5 Å². The summed E-state index contributed by atoms with van der Waals surface area (Å²) in [6, 6.07) is 14.1. The summed E-state index contributed by atoms with van der Waals surface area (Å²) in [4.78, 5) is 22.7. The lowest BCUT2D eigenvalue weighted by molar-refractivity contribution is -0.306. The van der Waals surface area contributed by atoms with E-state index in [0.29, 0.717) is 0 Å². The average Bonchev–Trinajstić information content (AvgIpc) is 2.87. The Balaban J connectivity index is 1.87. The molecule has 1 atom stereocenters. The summed E-state index contributed by atoms with van der Waals surface area (Å²) in [5.41, 5.74) is 3.02. The van der Waals surface area contributed by atoms with Crippen molar-refractivity contribution in [3.8, 4) is 0 Å². The molecule has 0 aliphatic rings. The second kappa shape index (κ2) is 6.97. The fraction of sp³-hybridized carbons (Fsp3) is 0.300. The van der Waals surface area contributed by atoms with E-state index < -0.39 is 5.97 Å². The number of carbonyl (C=O) groups is 2. The maximum Gasteiger partial charge on any atom is 0.224 e. The van der Waals surface area contributed by atoms with E-state index in [9.17, 15) is 14.7 Å². The van der Waals surface area contributed by atoms with Gasteiger partial charge in [0.1, 0.15) is 0 Å². The summed E-state index contributed by atoms with van der Waals surface area (Å²) >= 11 is 0. The van der Waals surface area contributed by atoms with Gasteiger partial charge in [-0.1, -0.05) is 25.1 Å². The molecule has 0 bridgehead atoms. The Kier molecular flexibility index (Phi) is 4.74. The predicted octanol–water partition coefficient (Wildman–Crippen LogP) is 2.92. The highest BCUT2D eigenvalue weighted by Crippen LogP contribution is 2.31. The first-order chi connectivity index (χ1) is 12.0. The van der Waals surface area contributed by atoms with Crippen LogP contribution in [0.3, 0.4) is 0 Å². The normalized spacial score (nSPS) is 12.4. The van der Waals surface area contributed by atoms with Gasteiger partial charge in [-0.25, -0.2) is 0 Å². The zero-order valence-corrected chi connectivity index (χ0v) is 14.4. The van der Waals surface area contributed by atoms with Crippen molar-refractivity contribution in [2.45, 2.75) is 33.2 Å². The predicted molar refractivity (Wildman–Crippen MR) is 97.2 cm³/mol. The van der Waals surface area contributed by atoms with Crippen molar-refractivity contribution in [1.82, 2.24) is 4.57 Å². The summed E-state index contributed by atoms with van der Waals surface area (Å²) in [6.07, 6.45) is 0.0409. The fourth-order valence-electron chi connectivity index (χ4n) is 3.36. The molecule has 0 spiro atoms. The van der Waals surface area contributed by atoms with Gasteiger partial charge in [0.05, 0.1) is 0 Å². The number of nitrogens with zero attached hydrogens (tertiary/aromatic N) is 1. The number of aryl methyl sites for hydroxylation is 1. The van der Waals surface area contributed by atoms with Crippen LogP contribution in [-0.4, -0.2) is 16.4 Å². The van der Waals surface area contributed by atoms with Crippen LogP contribution in [0.5, 0.6) is 0 Å². The molecule has 0 saturated heterocycles. The molecule has 2 aromatic carbocycles. The van der Waals surface area contributed by atoms with Gasteiger partial charge in [0.2, 0.25) is 5.91 Å². The van der Waals surface area contributed by atoms with E-state index in [4.69, 9.17) is 0 Å². The van der Waals surface area contributed by atoms with Gasteiger partial charge >= 0.3 is 0 Å². The third-order valence-electron chi connectivity index (χ3n) is 4.42. The van der Waals surface area contributed by atoms with Crippen LogP contribution in [0.1, 0.15) is 26.7 Å².